The van der Waals surface area contributed by atoms with E-state index in [4.69, 9.17) is 19.5 Å². The SMILES string of the molecule is Cc1c(CCCO)sc2c(NCc3ccco3)nc(C3C[I-]3)nc12. The Morgan fingerprint density at radius 3 is 3.04 bits per heavy atom. The van der Waals surface area contributed by atoms with E-state index in [0.717, 1.165) is 40.5 Å². The Bertz CT molecular complexity index is 843. The number of rotatable bonds is 7. The minimum absolute atomic E-state index is 0.223. The average Bonchev–Trinajstić information content (AvgIpc) is 3.22. The quantitative estimate of drug-likeness (QED) is 0.395. The van der Waals surface area contributed by atoms with Crippen LogP contribution < -0.4 is 26.5 Å². The van der Waals surface area contributed by atoms with Gasteiger partial charge in [0.05, 0.1) is 0 Å². The first kappa shape index (κ1) is 16.3. The Morgan fingerprint density at radius 2 is 2.33 bits per heavy atom. The van der Waals surface area contributed by atoms with Crippen LogP contribution in [0.25, 0.3) is 10.2 Å². The van der Waals surface area contributed by atoms with Gasteiger partial charge in [-0.15, -0.1) is 0 Å². The molecule has 0 saturated carbocycles. The molecule has 1 aliphatic rings. The molecule has 1 aliphatic heterocycles. The second-order valence-electron chi connectivity index (χ2n) is 5.79. The van der Waals surface area contributed by atoms with Crippen molar-refractivity contribution < 1.29 is 30.7 Å². The number of alkyl halides is 2. The summed E-state index contributed by atoms with van der Waals surface area (Å²) in [5.41, 5.74) is 2.32. The van der Waals surface area contributed by atoms with Gasteiger partial charge in [0.25, 0.3) is 0 Å². The molecule has 0 radical (unpaired) electrons. The maximum atomic E-state index is 9.12. The summed E-state index contributed by atoms with van der Waals surface area (Å²) < 4.78 is 8.45. The third kappa shape index (κ3) is 3.29. The van der Waals surface area contributed by atoms with Crippen molar-refractivity contribution in [1.82, 2.24) is 9.97 Å². The van der Waals surface area contributed by atoms with Crippen molar-refractivity contribution in [1.29, 1.82) is 0 Å². The van der Waals surface area contributed by atoms with E-state index in [2.05, 4.69) is 12.2 Å². The number of aromatic nitrogens is 2. The Kier molecular flexibility index (Phi) is 4.73. The van der Waals surface area contributed by atoms with E-state index < -0.39 is 0 Å². The molecule has 4 rings (SSSR count). The van der Waals surface area contributed by atoms with Crippen molar-refractivity contribution >= 4 is 27.4 Å². The van der Waals surface area contributed by atoms with Crippen LogP contribution in [0.2, 0.25) is 0 Å². The summed E-state index contributed by atoms with van der Waals surface area (Å²) in [5.74, 6) is 2.83. The molecule has 0 amide bonds. The topological polar surface area (TPSA) is 71.2 Å². The maximum absolute atomic E-state index is 9.12. The molecule has 0 aromatic carbocycles. The minimum atomic E-state index is 0.223. The molecule has 5 nitrogen and oxygen atoms in total. The van der Waals surface area contributed by atoms with E-state index in [1.165, 1.54) is 14.9 Å². The van der Waals surface area contributed by atoms with Crippen LogP contribution in [0.15, 0.2) is 22.8 Å². The number of hydrogen-bond donors (Lipinski definition) is 2. The van der Waals surface area contributed by atoms with Gasteiger partial charge in [-0.3, -0.25) is 0 Å². The van der Waals surface area contributed by atoms with Crippen LogP contribution in [0.3, 0.4) is 0 Å². The molecule has 3 aromatic rings. The normalized spacial score (nSPS) is 17.0. The van der Waals surface area contributed by atoms with Crippen LogP contribution in [0.4, 0.5) is 5.82 Å². The number of thiophene rings is 1. The molecular weight excluding hydrogens is 437 g/mol. The van der Waals surface area contributed by atoms with Gasteiger partial charge in [-0.2, -0.15) is 0 Å². The van der Waals surface area contributed by atoms with Gasteiger partial charge >= 0.3 is 155 Å². The molecule has 7 heteroatoms. The molecule has 1 unspecified atom stereocenters. The van der Waals surface area contributed by atoms with Gasteiger partial charge in [-0.05, 0) is 0 Å². The zero-order chi connectivity index (χ0) is 16.5. The third-order valence-corrected chi connectivity index (χ3v) is 7.71. The Morgan fingerprint density at radius 1 is 1.46 bits per heavy atom. The van der Waals surface area contributed by atoms with Crippen LogP contribution in [-0.2, 0) is 13.0 Å². The number of halogens is 1. The first-order chi connectivity index (χ1) is 11.8. The van der Waals surface area contributed by atoms with E-state index in [-0.39, 0.29) is 27.8 Å². The standard InChI is InChI=1S/C17H19IN3O2S/c1-10-13(5-2-6-22)24-15-14(10)20-16(12-8-18-12)21-17(15)19-9-11-4-3-7-23-11/h3-4,7,12,22H,2,5-6,8-9H2,1H3,(H,19,20,21)/q-1. The molecule has 0 aliphatic carbocycles. The van der Waals surface area contributed by atoms with Crippen molar-refractivity contribution in [2.45, 2.75) is 30.2 Å². The summed E-state index contributed by atoms with van der Waals surface area (Å²) in [6.45, 7) is 2.99. The number of aliphatic hydroxyl groups is 1. The van der Waals surface area contributed by atoms with Crippen molar-refractivity contribution in [3.63, 3.8) is 0 Å². The third-order valence-electron chi connectivity index (χ3n) is 4.04. The summed E-state index contributed by atoms with van der Waals surface area (Å²) in [6.07, 6.45) is 3.37. The summed E-state index contributed by atoms with van der Waals surface area (Å²) >= 11 is 2.01. The predicted molar refractivity (Wildman–Crippen MR) is 91.2 cm³/mol. The number of anilines is 1. The van der Waals surface area contributed by atoms with Crippen molar-refractivity contribution in [3.05, 3.63) is 40.4 Å². The van der Waals surface area contributed by atoms with Crippen LogP contribution in [0, 0.1) is 6.92 Å². The van der Waals surface area contributed by atoms with Gasteiger partial charge in [0.2, 0.25) is 0 Å². The molecule has 0 bridgehead atoms. The average molecular weight is 456 g/mol. The monoisotopic (exact) mass is 456 g/mol. The Hall–Kier alpha value is -1.19. The van der Waals surface area contributed by atoms with E-state index in [1.54, 1.807) is 17.6 Å². The number of aliphatic hydroxyl groups excluding tert-OH is 1. The van der Waals surface area contributed by atoms with Crippen LogP contribution in [0.5, 0.6) is 0 Å². The van der Waals surface area contributed by atoms with Crippen LogP contribution >= 0.6 is 11.3 Å². The van der Waals surface area contributed by atoms with Crippen LogP contribution in [-0.4, -0.2) is 26.1 Å². The number of aryl methyl sites for hydroxylation is 2. The van der Waals surface area contributed by atoms with Gasteiger partial charge in [0.15, 0.2) is 0 Å². The number of nitrogens with one attached hydrogen (secondary N) is 1. The number of furan rings is 1. The zero-order valence-corrected chi connectivity index (χ0v) is 16.4. The molecule has 24 heavy (non-hydrogen) atoms. The first-order valence-corrected chi connectivity index (χ1v) is 11.6. The van der Waals surface area contributed by atoms with Gasteiger partial charge in [0.1, 0.15) is 0 Å². The Balaban J connectivity index is 1.71. The van der Waals surface area contributed by atoms with Gasteiger partial charge < -0.3 is 0 Å². The molecule has 1 fully saturated rings. The van der Waals surface area contributed by atoms with Gasteiger partial charge in [-0.1, -0.05) is 0 Å². The fraction of sp³-hybridized carbons (Fsp3) is 0.412. The molecular formula is C17H19IN3O2S-. The van der Waals surface area contributed by atoms with E-state index >= 15 is 0 Å². The molecule has 3 aromatic heterocycles. The zero-order valence-electron chi connectivity index (χ0n) is 13.4. The summed E-state index contributed by atoms with van der Waals surface area (Å²) in [7, 11) is 0. The molecule has 128 valence electrons. The van der Waals surface area contributed by atoms with Gasteiger partial charge in [0, 0.05) is 0 Å². The molecule has 1 saturated heterocycles. The fourth-order valence-corrected chi connectivity index (χ4v) is 5.23. The molecule has 2 N–H and O–H groups in total. The van der Waals surface area contributed by atoms with E-state index in [9.17, 15) is 0 Å². The van der Waals surface area contributed by atoms with Gasteiger partial charge in [-0.25, -0.2) is 0 Å². The summed E-state index contributed by atoms with van der Waals surface area (Å²) in [5, 5.41) is 12.6. The first-order valence-electron chi connectivity index (χ1n) is 8.01. The molecule has 1 atom stereocenters. The van der Waals surface area contributed by atoms with Crippen molar-refractivity contribution in [3.8, 4) is 0 Å². The second-order valence-corrected chi connectivity index (χ2v) is 10.2. The van der Waals surface area contributed by atoms with E-state index in [0.29, 0.717) is 10.5 Å². The van der Waals surface area contributed by atoms with E-state index in [1.807, 2.05) is 12.1 Å². The molecule has 4 heterocycles. The summed E-state index contributed by atoms with van der Waals surface area (Å²) in [6, 6.07) is 3.86. The number of fused-ring (bicyclic) bond motifs is 1. The number of nitrogens with zero attached hydrogens (tertiary/aromatic N) is 2. The fourth-order valence-electron chi connectivity index (χ4n) is 2.66. The second kappa shape index (κ2) is 6.97. The van der Waals surface area contributed by atoms with Crippen molar-refractivity contribution in [2.75, 3.05) is 16.4 Å². The van der Waals surface area contributed by atoms with Crippen molar-refractivity contribution in [2.24, 2.45) is 0 Å². The summed E-state index contributed by atoms with van der Waals surface area (Å²) in [4.78, 5) is 11.0. The van der Waals surface area contributed by atoms with Crippen LogP contribution in [0.1, 0.15) is 32.4 Å². The number of hydrogen-bond acceptors (Lipinski definition) is 6. The molecule has 0 spiro atoms. The predicted octanol–water partition coefficient (Wildman–Crippen LogP) is 0.273. The Labute approximate surface area is 154 Å².